The molecular formula is C8H5BrClNO4. The largest absolute Gasteiger partial charge is 0.452 e. The van der Waals surface area contributed by atoms with Gasteiger partial charge in [-0.15, -0.1) is 0 Å². The predicted octanol–water partition coefficient (Wildman–Crippen LogP) is 3.28. The van der Waals surface area contributed by atoms with Crippen molar-refractivity contribution in [2.24, 2.45) is 0 Å². The molecule has 0 fully saturated rings. The normalized spacial score (nSPS) is 9.73. The van der Waals surface area contributed by atoms with Gasteiger partial charge in [-0.3, -0.25) is 10.1 Å². The Balaban J connectivity index is 2.95. The topological polar surface area (TPSA) is 69.4 Å². The van der Waals surface area contributed by atoms with Gasteiger partial charge in [0.25, 0.3) is 5.69 Å². The van der Waals surface area contributed by atoms with Gasteiger partial charge in [0.1, 0.15) is 6.61 Å². The van der Waals surface area contributed by atoms with Crippen LogP contribution in [0.15, 0.2) is 18.2 Å². The van der Waals surface area contributed by atoms with E-state index in [4.69, 9.17) is 11.6 Å². The zero-order valence-electron chi connectivity index (χ0n) is 7.28. The van der Waals surface area contributed by atoms with Crippen LogP contribution in [-0.2, 0) is 11.3 Å². The average molecular weight is 294 g/mol. The highest BCUT2D eigenvalue weighted by molar-refractivity contribution is 9.18. The average Bonchev–Trinajstić information content (AvgIpc) is 2.15. The number of carbonyl (C=O) groups is 1. The first-order chi connectivity index (χ1) is 7.00. The van der Waals surface area contributed by atoms with E-state index in [1.54, 1.807) is 0 Å². The number of hydrogen-bond acceptors (Lipinski definition) is 4. The lowest BCUT2D eigenvalue weighted by Gasteiger charge is -2.02. The van der Waals surface area contributed by atoms with Crippen molar-refractivity contribution >= 4 is 38.1 Å². The minimum absolute atomic E-state index is 0.169. The highest BCUT2D eigenvalue weighted by Crippen LogP contribution is 2.23. The number of halogens is 2. The molecule has 0 radical (unpaired) electrons. The van der Waals surface area contributed by atoms with E-state index in [0.29, 0.717) is 0 Å². The van der Waals surface area contributed by atoms with Crippen molar-refractivity contribution in [2.75, 3.05) is 0 Å². The third-order valence-corrected chi connectivity index (χ3v) is 2.05. The molecule has 0 atom stereocenters. The highest BCUT2D eigenvalue weighted by Gasteiger charge is 2.15. The molecule has 7 heteroatoms. The lowest BCUT2D eigenvalue weighted by molar-refractivity contribution is -0.385. The van der Waals surface area contributed by atoms with Crippen molar-refractivity contribution < 1.29 is 14.5 Å². The fourth-order valence-corrected chi connectivity index (χ4v) is 1.24. The van der Waals surface area contributed by atoms with Crippen molar-refractivity contribution in [2.45, 2.75) is 6.61 Å². The number of nitro groups is 1. The van der Waals surface area contributed by atoms with Crippen LogP contribution in [0.1, 0.15) is 5.56 Å². The molecule has 0 aliphatic heterocycles. The van der Waals surface area contributed by atoms with Crippen molar-refractivity contribution in [1.82, 2.24) is 0 Å². The number of rotatable bonds is 3. The molecule has 15 heavy (non-hydrogen) atoms. The maximum atomic E-state index is 10.6. The number of hydrogen-bond donors (Lipinski definition) is 0. The van der Waals surface area contributed by atoms with E-state index in [1.807, 2.05) is 0 Å². The van der Waals surface area contributed by atoms with E-state index < -0.39 is 9.80 Å². The van der Waals surface area contributed by atoms with Crippen LogP contribution in [0.25, 0.3) is 0 Å². The summed E-state index contributed by atoms with van der Waals surface area (Å²) in [6, 6.07) is 4.14. The molecule has 0 spiro atoms. The summed E-state index contributed by atoms with van der Waals surface area (Å²) >= 11 is 8.15. The maximum absolute atomic E-state index is 10.6. The number of nitro benzene ring substituents is 1. The summed E-state index contributed by atoms with van der Waals surface area (Å²) < 4.78 is 4.59. The second-order valence-corrected chi connectivity index (χ2v) is 3.64. The molecule has 1 rings (SSSR count). The van der Waals surface area contributed by atoms with Crippen molar-refractivity contribution in [1.29, 1.82) is 0 Å². The summed E-state index contributed by atoms with van der Waals surface area (Å²) in [5.74, 6) is 0. The molecule has 80 valence electrons. The van der Waals surface area contributed by atoms with Gasteiger partial charge < -0.3 is 4.74 Å². The molecule has 0 unspecified atom stereocenters. The fraction of sp³-hybridized carbons (Fsp3) is 0.125. The van der Waals surface area contributed by atoms with E-state index >= 15 is 0 Å². The van der Waals surface area contributed by atoms with Crippen molar-refractivity contribution in [3.63, 3.8) is 0 Å². The molecule has 0 amide bonds. The van der Waals surface area contributed by atoms with Gasteiger partial charge in [-0.05, 0) is 12.1 Å². The smallest absolute Gasteiger partial charge is 0.374 e. The van der Waals surface area contributed by atoms with E-state index in [1.165, 1.54) is 18.2 Å². The van der Waals surface area contributed by atoms with Crippen LogP contribution >= 0.6 is 27.5 Å². The Bertz CT molecular complexity index is 410. The van der Waals surface area contributed by atoms with Gasteiger partial charge in [0.05, 0.1) is 10.5 Å². The van der Waals surface area contributed by atoms with Crippen LogP contribution in [0.2, 0.25) is 5.02 Å². The van der Waals surface area contributed by atoms with Gasteiger partial charge in [0.2, 0.25) is 0 Å². The molecular weight excluding hydrogens is 289 g/mol. The first-order valence-electron chi connectivity index (χ1n) is 3.76. The number of carbonyl (C=O) groups excluding carboxylic acids is 1. The standard InChI is InChI=1S/C8H5BrClNO4/c9-8(12)15-4-5-1-2-6(10)3-7(5)11(13)14/h1-3H,4H2. The summed E-state index contributed by atoms with van der Waals surface area (Å²) in [5, 5.41) is 10.9. The number of benzene rings is 1. The van der Waals surface area contributed by atoms with Crippen LogP contribution < -0.4 is 0 Å². The second-order valence-electron chi connectivity index (χ2n) is 2.56. The van der Waals surface area contributed by atoms with Crippen LogP contribution in [0.4, 0.5) is 10.5 Å². The highest BCUT2D eigenvalue weighted by atomic mass is 79.9. The zero-order valence-corrected chi connectivity index (χ0v) is 9.62. The Hall–Kier alpha value is -1.14. The van der Waals surface area contributed by atoms with Gasteiger partial charge in [-0.25, -0.2) is 4.79 Å². The molecule has 0 bridgehead atoms. The van der Waals surface area contributed by atoms with Gasteiger partial charge >= 0.3 is 4.88 Å². The Morgan fingerprint density at radius 3 is 2.80 bits per heavy atom. The molecule has 1 aromatic rings. The van der Waals surface area contributed by atoms with Gasteiger partial charge in [0, 0.05) is 27.0 Å². The molecule has 0 N–H and O–H groups in total. The van der Waals surface area contributed by atoms with Crippen molar-refractivity contribution in [3.8, 4) is 0 Å². The second kappa shape index (κ2) is 5.09. The molecule has 1 aromatic carbocycles. The molecule has 0 heterocycles. The van der Waals surface area contributed by atoms with Crippen molar-refractivity contribution in [3.05, 3.63) is 38.9 Å². The Labute approximate surface area is 98.3 Å². The van der Waals surface area contributed by atoms with E-state index in [9.17, 15) is 14.9 Å². The van der Waals surface area contributed by atoms with Crippen LogP contribution in [0.3, 0.4) is 0 Å². The summed E-state index contributed by atoms with van der Waals surface area (Å²) in [6.07, 6.45) is 0. The lowest BCUT2D eigenvalue weighted by Crippen LogP contribution is -1.99. The summed E-state index contributed by atoms with van der Waals surface area (Å²) in [6.45, 7) is -0.169. The Kier molecular flexibility index (Phi) is 4.05. The quantitative estimate of drug-likeness (QED) is 0.487. The summed E-state index contributed by atoms with van der Waals surface area (Å²) in [7, 11) is 0. The Morgan fingerprint density at radius 1 is 1.60 bits per heavy atom. The molecule has 5 nitrogen and oxygen atoms in total. The fourth-order valence-electron chi connectivity index (χ4n) is 0.964. The number of ether oxygens (including phenoxy) is 1. The third kappa shape index (κ3) is 3.49. The molecule has 0 saturated carbocycles. The summed E-state index contributed by atoms with van der Waals surface area (Å²) in [4.78, 5) is 19.8. The van der Waals surface area contributed by atoms with E-state index in [0.717, 1.165) is 0 Å². The van der Waals surface area contributed by atoms with Crippen LogP contribution in [0, 0.1) is 10.1 Å². The predicted molar refractivity (Wildman–Crippen MR) is 57.2 cm³/mol. The maximum Gasteiger partial charge on any atom is 0.374 e. The van der Waals surface area contributed by atoms with Crippen LogP contribution in [-0.4, -0.2) is 9.80 Å². The minimum atomic E-state index is -0.674. The lowest BCUT2D eigenvalue weighted by atomic mass is 10.2. The molecule has 0 aliphatic carbocycles. The first kappa shape index (κ1) is 11.9. The summed E-state index contributed by atoms with van der Waals surface area (Å²) in [5.41, 5.74) is 0.119. The molecule has 0 aliphatic rings. The number of nitrogens with zero attached hydrogens (tertiary/aromatic N) is 1. The third-order valence-electron chi connectivity index (χ3n) is 1.59. The molecule has 0 saturated heterocycles. The van der Waals surface area contributed by atoms with Gasteiger partial charge in [-0.1, -0.05) is 11.6 Å². The first-order valence-corrected chi connectivity index (χ1v) is 4.93. The molecule has 0 aromatic heterocycles. The van der Waals surface area contributed by atoms with E-state index in [2.05, 4.69) is 20.7 Å². The van der Waals surface area contributed by atoms with Gasteiger partial charge in [-0.2, -0.15) is 0 Å². The zero-order chi connectivity index (χ0) is 11.4. The van der Waals surface area contributed by atoms with Gasteiger partial charge in [0.15, 0.2) is 0 Å². The van der Waals surface area contributed by atoms with E-state index in [-0.39, 0.29) is 22.9 Å². The minimum Gasteiger partial charge on any atom is -0.452 e. The Morgan fingerprint density at radius 2 is 2.27 bits per heavy atom. The monoisotopic (exact) mass is 293 g/mol. The SMILES string of the molecule is O=C(Br)OCc1ccc(Cl)cc1[N+](=O)[O-]. The van der Waals surface area contributed by atoms with Crippen LogP contribution in [0.5, 0.6) is 0 Å².